The number of carbonyl (C=O) groups is 1. The molecular weight excluding hydrogens is 284 g/mol. The van der Waals surface area contributed by atoms with E-state index in [9.17, 15) is 4.79 Å². The Morgan fingerprint density at radius 1 is 1.24 bits per heavy atom. The molecule has 112 valence electrons. The lowest BCUT2D eigenvalue weighted by Gasteiger charge is -2.15. The van der Waals surface area contributed by atoms with Gasteiger partial charge in [-0.3, -0.25) is 9.89 Å². The lowest BCUT2D eigenvalue weighted by molar-refractivity contribution is -0.115. The Morgan fingerprint density at radius 3 is 2.38 bits per heavy atom. The lowest BCUT2D eigenvalue weighted by atomic mass is 10.1. The largest absolute Gasteiger partial charge is 0.325 e. The van der Waals surface area contributed by atoms with Crippen molar-refractivity contribution in [1.82, 2.24) is 15.2 Å². The smallest absolute Gasteiger partial charge is 0.237 e. The van der Waals surface area contributed by atoms with Crippen LogP contribution in [-0.2, 0) is 4.79 Å². The average molecular weight is 304 g/mol. The molecule has 0 fully saturated rings. The number of rotatable bonds is 4. The molecule has 6 heteroatoms. The highest BCUT2D eigenvalue weighted by Crippen LogP contribution is 2.25. The number of anilines is 1. The van der Waals surface area contributed by atoms with Crippen LogP contribution in [0.5, 0.6) is 0 Å². The zero-order valence-corrected chi connectivity index (χ0v) is 13.8. The molecule has 1 atom stereocenters. The van der Waals surface area contributed by atoms with E-state index in [-0.39, 0.29) is 11.2 Å². The summed E-state index contributed by atoms with van der Waals surface area (Å²) >= 11 is 1.34. The number of H-pyrrole nitrogens is 1. The second-order valence-corrected chi connectivity index (χ2v) is 6.53. The highest BCUT2D eigenvalue weighted by atomic mass is 32.2. The third-order valence-corrected chi connectivity index (χ3v) is 4.11. The normalized spacial score (nSPS) is 12.2. The van der Waals surface area contributed by atoms with E-state index in [4.69, 9.17) is 0 Å². The standard InChI is InChI=1S/C15H20N4OS/c1-8-6-9(2)13(10(3)7-8)17-14(20)11(4)21-15-16-12(5)18-19-15/h6-7,11H,1-5H3,(H,17,20)(H,16,18,19). The minimum absolute atomic E-state index is 0.0440. The number of carbonyl (C=O) groups excluding carboxylic acids is 1. The van der Waals surface area contributed by atoms with Crippen LogP contribution in [0, 0.1) is 27.7 Å². The summed E-state index contributed by atoms with van der Waals surface area (Å²) in [5.41, 5.74) is 4.24. The molecule has 0 aliphatic heterocycles. The van der Waals surface area contributed by atoms with Crippen molar-refractivity contribution < 1.29 is 4.79 Å². The molecule has 0 saturated carbocycles. The zero-order chi connectivity index (χ0) is 15.6. The molecule has 1 heterocycles. The number of aryl methyl sites for hydroxylation is 4. The fourth-order valence-electron chi connectivity index (χ4n) is 2.19. The Hall–Kier alpha value is -1.82. The van der Waals surface area contributed by atoms with Gasteiger partial charge in [0.25, 0.3) is 0 Å². The van der Waals surface area contributed by atoms with Crippen LogP contribution in [0.4, 0.5) is 5.69 Å². The molecule has 1 aromatic carbocycles. The van der Waals surface area contributed by atoms with Gasteiger partial charge in [-0.15, -0.1) is 5.10 Å². The number of aromatic amines is 1. The van der Waals surface area contributed by atoms with E-state index < -0.39 is 0 Å². The molecule has 0 bridgehead atoms. The summed E-state index contributed by atoms with van der Waals surface area (Å²) in [6, 6.07) is 4.14. The highest BCUT2D eigenvalue weighted by Gasteiger charge is 2.18. The van der Waals surface area contributed by atoms with Crippen molar-refractivity contribution in [3.63, 3.8) is 0 Å². The third-order valence-electron chi connectivity index (χ3n) is 3.15. The van der Waals surface area contributed by atoms with Crippen molar-refractivity contribution in [2.45, 2.75) is 45.0 Å². The highest BCUT2D eigenvalue weighted by molar-refractivity contribution is 8.00. The van der Waals surface area contributed by atoms with E-state index in [0.717, 1.165) is 22.6 Å². The summed E-state index contributed by atoms with van der Waals surface area (Å²) < 4.78 is 0. The van der Waals surface area contributed by atoms with Crippen molar-refractivity contribution in [1.29, 1.82) is 0 Å². The van der Waals surface area contributed by atoms with Crippen molar-refractivity contribution in [3.8, 4) is 0 Å². The van der Waals surface area contributed by atoms with Gasteiger partial charge in [-0.1, -0.05) is 29.5 Å². The topological polar surface area (TPSA) is 70.7 Å². The van der Waals surface area contributed by atoms with Gasteiger partial charge in [0.05, 0.1) is 5.25 Å². The van der Waals surface area contributed by atoms with Gasteiger partial charge in [0, 0.05) is 5.69 Å². The van der Waals surface area contributed by atoms with Gasteiger partial charge in [0.2, 0.25) is 11.1 Å². The summed E-state index contributed by atoms with van der Waals surface area (Å²) in [6.45, 7) is 9.75. The fraction of sp³-hybridized carbons (Fsp3) is 0.400. The number of hydrogen-bond acceptors (Lipinski definition) is 4. The molecule has 1 aromatic heterocycles. The van der Waals surface area contributed by atoms with E-state index >= 15 is 0 Å². The monoisotopic (exact) mass is 304 g/mol. The number of hydrogen-bond donors (Lipinski definition) is 2. The number of thioether (sulfide) groups is 1. The third kappa shape index (κ3) is 3.85. The minimum Gasteiger partial charge on any atom is -0.325 e. The minimum atomic E-state index is -0.264. The Kier molecular flexibility index (Phi) is 4.67. The maximum Gasteiger partial charge on any atom is 0.237 e. The van der Waals surface area contributed by atoms with Crippen LogP contribution in [0.15, 0.2) is 17.3 Å². The number of nitrogens with one attached hydrogen (secondary N) is 2. The molecular formula is C15H20N4OS. The van der Waals surface area contributed by atoms with Gasteiger partial charge < -0.3 is 5.32 Å². The fourth-order valence-corrected chi connectivity index (χ4v) is 2.96. The predicted octanol–water partition coefficient (Wildman–Crippen LogP) is 3.16. The molecule has 0 saturated heterocycles. The maximum absolute atomic E-state index is 12.3. The SMILES string of the molecule is Cc1cc(C)c(NC(=O)C(C)Sc2n[nH]c(C)n2)c(C)c1. The zero-order valence-electron chi connectivity index (χ0n) is 12.9. The summed E-state index contributed by atoms with van der Waals surface area (Å²) in [4.78, 5) is 16.5. The van der Waals surface area contributed by atoms with Crippen molar-refractivity contribution >= 4 is 23.4 Å². The van der Waals surface area contributed by atoms with Crippen molar-refractivity contribution in [3.05, 3.63) is 34.6 Å². The predicted molar refractivity (Wildman–Crippen MR) is 85.7 cm³/mol. The first-order valence-electron chi connectivity index (χ1n) is 6.81. The number of amides is 1. The molecule has 5 nitrogen and oxygen atoms in total. The van der Waals surface area contributed by atoms with Gasteiger partial charge >= 0.3 is 0 Å². The van der Waals surface area contributed by atoms with Gasteiger partial charge in [0.15, 0.2) is 0 Å². The molecule has 2 rings (SSSR count). The maximum atomic E-state index is 12.3. The van der Waals surface area contributed by atoms with Crippen LogP contribution in [0.2, 0.25) is 0 Å². The molecule has 0 radical (unpaired) electrons. The summed E-state index contributed by atoms with van der Waals surface area (Å²) in [5, 5.41) is 10.1. The lowest BCUT2D eigenvalue weighted by Crippen LogP contribution is -2.23. The van der Waals surface area contributed by atoms with E-state index in [2.05, 4.69) is 39.6 Å². The first kappa shape index (κ1) is 15.6. The summed E-state index contributed by atoms with van der Waals surface area (Å²) in [5.74, 6) is 0.702. The van der Waals surface area contributed by atoms with Crippen molar-refractivity contribution in [2.24, 2.45) is 0 Å². The van der Waals surface area contributed by atoms with Gasteiger partial charge in [-0.05, 0) is 45.7 Å². The Balaban J connectivity index is 2.07. The Labute approximate surface area is 128 Å². The van der Waals surface area contributed by atoms with Gasteiger partial charge in [0.1, 0.15) is 5.82 Å². The van der Waals surface area contributed by atoms with Crippen LogP contribution >= 0.6 is 11.8 Å². The second-order valence-electron chi connectivity index (χ2n) is 5.23. The Morgan fingerprint density at radius 2 is 1.86 bits per heavy atom. The molecule has 1 amide bonds. The van der Waals surface area contributed by atoms with Gasteiger partial charge in [-0.2, -0.15) is 0 Å². The molecule has 2 N–H and O–H groups in total. The number of aromatic nitrogens is 3. The van der Waals surface area contributed by atoms with Gasteiger partial charge in [-0.25, -0.2) is 4.98 Å². The van der Waals surface area contributed by atoms with Crippen LogP contribution < -0.4 is 5.32 Å². The number of benzene rings is 1. The molecule has 0 aliphatic rings. The summed E-state index contributed by atoms with van der Waals surface area (Å²) in [7, 11) is 0. The van der Waals surface area contributed by atoms with Crippen LogP contribution in [0.25, 0.3) is 0 Å². The van der Waals surface area contributed by atoms with E-state index in [1.54, 1.807) is 0 Å². The first-order chi connectivity index (χ1) is 9.86. The molecule has 2 aromatic rings. The quantitative estimate of drug-likeness (QED) is 0.851. The van der Waals surface area contributed by atoms with Crippen LogP contribution in [0.1, 0.15) is 29.4 Å². The molecule has 0 spiro atoms. The second kappa shape index (κ2) is 6.30. The Bertz CT molecular complexity index is 642. The molecule has 1 unspecified atom stereocenters. The average Bonchev–Trinajstić information content (AvgIpc) is 2.78. The van der Waals surface area contributed by atoms with Crippen LogP contribution in [0.3, 0.4) is 0 Å². The van der Waals surface area contributed by atoms with Crippen molar-refractivity contribution in [2.75, 3.05) is 5.32 Å². The van der Waals surface area contributed by atoms with E-state index in [1.165, 1.54) is 17.3 Å². The van der Waals surface area contributed by atoms with E-state index in [1.807, 2.05) is 27.7 Å². The van der Waals surface area contributed by atoms with Crippen LogP contribution in [-0.4, -0.2) is 26.3 Å². The molecule has 0 aliphatic carbocycles. The first-order valence-corrected chi connectivity index (χ1v) is 7.69. The summed E-state index contributed by atoms with van der Waals surface area (Å²) in [6.07, 6.45) is 0. The number of nitrogens with zero attached hydrogens (tertiary/aromatic N) is 2. The van der Waals surface area contributed by atoms with E-state index in [0.29, 0.717) is 5.16 Å². The molecule has 21 heavy (non-hydrogen) atoms.